The highest BCUT2D eigenvalue weighted by Gasteiger charge is 2.05. The molecule has 1 N–H and O–H groups in total. The molecule has 1 fully saturated rings. The fourth-order valence-electron chi connectivity index (χ4n) is 2.17. The minimum absolute atomic E-state index is 1.13. The minimum Gasteiger partial charge on any atom is -0.317 e. The molecule has 0 bridgehead atoms. The van der Waals surface area contributed by atoms with Gasteiger partial charge in [-0.3, -0.25) is 0 Å². The molecule has 0 unspecified atom stereocenters. The number of hydrogen-bond acceptors (Lipinski definition) is 1. The summed E-state index contributed by atoms with van der Waals surface area (Å²) >= 11 is 0. The van der Waals surface area contributed by atoms with Crippen molar-refractivity contribution in [1.29, 1.82) is 0 Å². The van der Waals surface area contributed by atoms with E-state index in [9.17, 15) is 0 Å². The summed E-state index contributed by atoms with van der Waals surface area (Å²) in [6.45, 7) is 2.50. The molecular weight excluding hydrogens is 194 g/mol. The first-order chi connectivity index (χ1) is 7.97. The molecule has 0 atom stereocenters. The van der Waals surface area contributed by atoms with Crippen molar-refractivity contribution in [2.75, 3.05) is 13.1 Å². The molecule has 0 aromatic rings. The normalized spacial score (nSPS) is 22.5. The van der Waals surface area contributed by atoms with Gasteiger partial charge in [0, 0.05) is 0 Å². The molecule has 86 valence electrons. The summed E-state index contributed by atoms with van der Waals surface area (Å²) in [5.41, 5.74) is 2.98. The second-order valence-corrected chi connectivity index (χ2v) is 4.46. The standard InChI is InChI=1S/C10H10.C5H11N/c1-2-6-9(5-1)10-7-3-4-8-10;1-2-4-6-5-3-1/h1-5,7H,6,8H2;6H,1-5H2. The third-order valence-electron chi connectivity index (χ3n) is 3.16. The molecule has 0 spiro atoms. The Morgan fingerprint density at radius 2 is 1.31 bits per heavy atom. The third-order valence-corrected chi connectivity index (χ3v) is 3.16. The van der Waals surface area contributed by atoms with E-state index < -0.39 is 0 Å². The van der Waals surface area contributed by atoms with Crippen LogP contribution in [0.3, 0.4) is 0 Å². The van der Waals surface area contributed by atoms with Gasteiger partial charge in [-0.25, -0.2) is 0 Å². The lowest BCUT2D eigenvalue weighted by molar-refractivity contribution is 0.520. The number of nitrogens with one attached hydrogen (secondary N) is 1. The van der Waals surface area contributed by atoms with Gasteiger partial charge in [-0.2, -0.15) is 0 Å². The second-order valence-electron chi connectivity index (χ2n) is 4.46. The van der Waals surface area contributed by atoms with E-state index in [0.29, 0.717) is 0 Å². The topological polar surface area (TPSA) is 12.0 Å². The predicted octanol–water partition coefficient (Wildman–Crippen LogP) is 3.52. The Labute approximate surface area is 98.6 Å². The lowest BCUT2D eigenvalue weighted by atomic mass is 10.1. The molecule has 1 nitrogen and oxygen atoms in total. The lowest BCUT2D eigenvalue weighted by Gasteiger charge is -2.08. The Kier molecular flexibility index (Phi) is 4.63. The van der Waals surface area contributed by atoms with Crippen LogP contribution in [0.2, 0.25) is 0 Å². The van der Waals surface area contributed by atoms with Gasteiger partial charge in [0.05, 0.1) is 0 Å². The van der Waals surface area contributed by atoms with Crippen molar-refractivity contribution in [2.24, 2.45) is 0 Å². The molecule has 1 saturated heterocycles. The average Bonchev–Trinajstić information content (AvgIpc) is 3.05. The monoisotopic (exact) mass is 215 g/mol. The summed E-state index contributed by atoms with van der Waals surface area (Å²) in [5.74, 6) is 0. The summed E-state index contributed by atoms with van der Waals surface area (Å²) < 4.78 is 0. The molecule has 0 radical (unpaired) electrons. The smallest absolute Gasteiger partial charge is 0.00489 e. The van der Waals surface area contributed by atoms with E-state index >= 15 is 0 Å². The second kappa shape index (κ2) is 6.49. The highest BCUT2D eigenvalue weighted by Crippen LogP contribution is 2.25. The van der Waals surface area contributed by atoms with Crippen LogP contribution in [0, 0.1) is 0 Å². The zero-order chi connectivity index (χ0) is 11.1. The third kappa shape index (κ3) is 3.49. The van der Waals surface area contributed by atoms with Gasteiger partial charge in [-0.05, 0) is 49.9 Å². The first-order valence-corrected chi connectivity index (χ1v) is 6.39. The number of rotatable bonds is 1. The van der Waals surface area contributed by atoms with E-state index in [2.05, 4.69) is 41.8 Å². The van der Waals surface area contributed by atoms with Gasteiger partial charge >= 0.3 is 0 Å². The van der Waals surface area contributed by atoms with Gasteiger partial charge in [0.25, 0.3) is 0 Å². The van der Waals surface area contributed by atoms with Crippen molar-refractivity contribution in [3.63, 3.8) is 0 Å². The Morgan fingerprint density at radius 3 is 1.56 bits per heavy atom. The lowest BCUT2D eigenvalue weighted by Crippen LogP contribution is -2.21. The molecule has 2 aliphatic carbocycles. The van der Waals surface area contributed by atoms with Crippen LogP contribution in [0.25, 0.3) is 0 Å². The van der Waals surface area contributed by atoms with Crippen LogP contribution in [-0.2, 0) is 0 Å². The Bertz CT molecular complexity index is 288. The van der Waals surface area contributed by atoms with Crippen LogP contribution in [0.15, 0.2) is 47.6 Å². The number of allylic oxidation sites excluding steroid dienone is 8. The molecule has 1 aliphatic heterocycles. The molecule has 1 heteroatoms. The number of hydrogen-bond donors (Lipinski definition) is 1. The average molecular weight is 215 g/mol. The van der Waals surface area contributed by atoms with Crippen molar-refractivity contribution in [1.82, 2.24) is 5.32 Å². The summed E-state index contributed by atoms with van der Waals surface area (Å²) in [4.78, 5) is 0. The fraction of sp³-hybridized carbons (Fsp3) is 0.467. The van der Waals surface area contributed by atoms with E-state index in [1.165, 1.54) is 43.5 Å². The van der Waals surface area contributed by atoms with Crippen molar-refractivity contribution in [3.05, 3.63) is 47.6 Å². The van der Waals surface area contributed by atoms with Crippen LogP contribution >= 0.6 is 0 Å². The van der Waals surface area contributed by atoms with E-state index in [0.717, 1.165) is 12.8 Å². The molecular formula is C15H21N. The van der Waals surface area contributed by atoms with E-state index in [-0.39, 0.29) is 0 Å². The van der Waals surface area contributed by atoms with Crippen LogP contribution in [0.4, 0.5) is 0 Å². The van der Waals surface area contributed by atoms with Crippen molar-refractivity contribution in [2.45, 2.75) is 32.1 Å². The van der Waals surface area contributed by atoms with Crippen molar-refractivity contribution >= 4 is 0 Å². The highest BCUT2D eigenvalue weighted by atomic mass is 14.9. The van der Waals surface area contributed by atoms with Crippen molar-refractivity contribution < 1.29 is 0 Å². The van der Waals surface area contributed by atoms with Gasteiger partial charge < -0.3 is 5.32 Å². The summed E-state index contributed by atoms with van der Waals surface area (Å²) in [6.07, 6.45) is 19.6. The number of piperidine rings is 1. The molecule has 0 saturated carbocycles. The van der Waals surface area contributed by atoms with E-state index in [1.54, 1.807) is 0 Å². The SMILES string of the molecule is C1=CCC(C2=CC=CC2)=C1.C1CCNCC1. The van der Waals surface area contributed by atoms with E-state index in [4.69, 9.17) is 0 Å². The Hall–Kier alpha value is -1.08. The summed E-state index contributed by atoms with van der Waals surface area (Å²) in [7, 11) is 0. The Morgan fingerprint density at radius 1 is 0.750 bits per heavy atom. The van der Waals surface area contributed by atoms with Crippen molar-refractivity contribution in [3.8, 4) is 0 Å². The zero-order valence-corrected chi connectivity index (χ0v) is 9.91. The maximum absolute atomic E-state index is 3.28. The van der Waals surface area contributed by atoms with Gasteiger partial charge in [0.2, 0.25) is 0 Å². The molecule has 3 aliphatic rings. The van der Waals surface area contributed by atoms with E-state index in [1.807, 2.05) is 0 Å². The highest BCUT2D eigenvalue weighted by molar-refractivity contribution is 5.44. The zero-order valence-electron chi connectivity index (χ0n) is 9.91. The summed E-state index contributed by atoms with van der Waals surface area (Å²) in [6, 6.07) is 0. The molecule has 0 aromatic heterocycles. The van der Waals surface area contributed by atoms with Gasteiger partial charge in [-0.1, -0.05) is 42.9 Å². The first kappa shape index (κ1) is 11.4. The molecule has 16 heavy (non-hydrogen) atoms. The van der Waals surface area contributed by atoms with Gasteiger partial charge in [0.15, 0.2) is 0 Å². The minimum atomic E-state index is 1.13. The van der Waals surface area contributed by atoms with Crippen LogP contribution < -0.4 is 5.32 Å². The molecule has 3 rings (SSSR count). The predicted molar refractivity (Wildman–Crippen MR) is 70.4 cm³/mol. The quantitative estimate of drug-likeness (QED) is 0.705. The van der Waals surface area contributed by atoms with Crippen LogP contribution in [0.1, 0.15) is 32.1 Å². The molecule has 1 heterocycles. The molecule has 0 amide bonds. The Balaban J connectivity index is 0.000000138. The van der Waals surface area contributed by atoms with Crippen LogP contribution in [0.5, 0.6) is 0 Å². The fourth-order valence-corrected chi connectivity index (χ4v) is 2.17. The maximum atomic E-state index is 3.28. The van der Waals surface area contributed by atoms with Gasteiger partial charge in [0.1, 0.15) is 0 Å². The van der Waals surface area contributed by atoms with Crippen LogP contribution in [-0.4, -0.2) is 13.1 Å². The summed E-state index contributed by atoms with van der Waals surface area (Å²) in [5, 5.41) is 3.28. The van der Waals surface area contributed by atoms with Gasteiger partial charge in [-0.15, -0.1) is 0 Å². The maximum Gasteiger partial charge on any atom is -0.00489 e. The largest absolute Gasteiger partial charge is 0.317 e. The molecule has 0 aromatic carbocycles. The first-order valence-electron chi connectivity index (χ1n) is 6.39.